The number of esters is 1. The van der Waals surface area contributed by atoms with Crippen molar-refractivity contribution in [1.82, 2.24) is 9.38 Å². The van der Waals surface area contributed by atoms with Crippen LogP contribution >= 0.6 is 22.7 Å². The Labute approximate surface area is 92.7 Å². The van der Waals surface area contributed by atoms with Crippen LogP contribution < -0.4 is 0 Å². The predicted molar refractivity (Wildman–Crippen MR) is 59.8 cm³/mol. The minimum Gasteiger partial charge on any atom is -0.465 e. The molecule has 76 valence electrons. The van der Waals surface area contributed by atoms with Crippen LogP contribution in [0.15, 0.2) is 17.6 Å². The second kappa shape index (κ2) is 3.04. The lowest BCUT2D eigenvalue weighted by Crippen LogP contribution is -1.96. The first kappa shape index (κ1) is 8.87. The van der Waals surface area contributed by atoms with E-state index in [4.69, 9.17) is 0 Å². The lowest BCUT2D eigenvalue weighted by Gasteiger charge is -1.91. The largest absolute Gasteiger partial charge is 0.465 e. The van der Waals surface area contributed by atoms with E-state index < -0.39 is 0 Å². The van der Waals surface area contributed by atoms with Crippen molar-refractivity contribution in [2.75, 3.05) is 7.11 Å². The van der Waals surface area contributed by atoms with Crippen LogP contribution in [0.4, 0.5) is 0 Å². The number of imidazole rings is 1. The number of fused-ring (bicyclic) bond motifs is 3. The molecule has 0 saturated carbocycles. The molecule has 3 aromatic rings. The Morgan fingerprint density at radius 2 is 2.47 bits per heavy atom. The molecular weight excluding hydrogens is 232 g/mol. The number of rotatable bonds is 1. The third kappa shape index (κ3) is 1.18. The van der Waals surface area contributed by atoms with E-state index in [1.807, 2.05) is 22.0 Å². The Morgan fingerprint density at radius 3 is 3.27 bits per heavy atom. The van der Waals surface area contributed by atoms with Crippen LogP contribution in [0.5, 0.6) is 0 Å². The van der Waals surface area contributed by atoms with Gasteiger partial charge in [0.15, 0.2) is 4.96 Å². The quantitative estimate of drug-likeness (QED) is 0.611. The van der Waals surface area contributed by atoms with Gasteiger partial charge in [-0.15, -0.1) is 22.7 Å². The fourth-order valence-electron chi connectivity index (χ4n) is 1.45. The number of methoxy groups -OCH3 is 1. The molecule has 0 N–H and O–H groups in total. The summed E-state index contributed by atoms with van der Waals surface area (Å²) in [5, 5.41) is 1.97. The molecule has 3 aromatic heterocycles. The highest BCUT2D eigenvalue weighted by Crippen LogP contribution is 2.28. The highest BCUT2D eigenvalue weighted by molar-refractivity contribution is 7.21. The Kier molecular flexibility index (Phi) is 1.80. The van der Waals surface area contributed by atoms with Gasteiger partial charge >= 0.3 is 5.97 Å². The van der Waals surface area contributed by atoms with E-state index in [0.717, 1.165) is 15.3 Å². The van der Waals surface area contributed by atoms with Gasteiger partial charge < -0.3 is 4.74 Å². The van der Waals surface area contributed by atoms with Crippen molar-refractivity contribution in [3.8, 4) is 0 Å². The van der Waals surface area contributed by atoms with Gasteiger partial charge in [-0.3, -0.25) is 4.40 Å². The first-order valence-corrected chi connectivity index (χ1v) is 5.92. The predicted octanol–water partition coefficient (Wildman–Crippen LogP) is 2.40. The molecule has 0 aliphatic carbocycles. The van der Waals surface area contributed by atoms with E-state index in [1.54, 1.807) is 11.3 Å². The van der Waals surface area contributed by atoms with E-state index in [9.17, 15) is 4.79 Å². The zero-order valence-corrected chi connectivity index (χ0v) is 9.39. The standard InChI is InChI=1S/C9H6N2O2S2/c1-13-8(12)6-4-5-7(15-6)10-9-11(5)2-3-14-9/h2-4H,1H3. The van der Waals surface area contributed by atoms with Crippen LogP contribution in [-0.2, 0) is 4.74 Å². The normalized spacial score (nSPS) is 11.3. The lowest BCUT2D eigenvalue weighted by atomic mass is 10.4. The molecule has 0 amide bonds. The van der Waals surface area contributed by atoms with E-state index in [0.29, 0.717) is 4.88 Å². The van der Waals surface area contributed by atoms with Crippen molar-refractivity contribution < 1.29 is 9.53 Å². The zero-order chi connectivity index (χ0) is 10.4. The SMILES string of the molecule is COC(=O)c1cc2c(nc3sccn32)s1. The Balaban J connectivity index is 2.29. The summed E-state index contributed by atoms with van der Waals surface area (Å²) in [6, 6.07) is 1.82. The van der Waals surface area contributed by atoms with Crippen molar-refractivity contribution in [2.45, 2.75) is 0 Å². The number of aromatic nitrogens is 2. The number of hydrogen-bond donors (Lipinski definition) is 0. The molecule has 0 aliphatic heterocycles. The number of carbonyl (C=O) groups is 1. The summed E-state index contributed by atoms with van der Waals surface area (Å²) in [7, 11) is 1.38. The molecule has 15 heavy (non-hydrogen) atoms. The maximum absolute atomic E-state index is 11.3. The highest BCUT2D eigenvalue weighted by atomic mass is 32.1. The molecule has 0 unspecified atom stereocenters. The summed E-state index contributed by atoms with van der Waals surface area (Å²) in [4.78, 5) is 18.1. The van der Waals surface area contributed by atoms with Crippen LogP contribution in [0.3, 0.4) is 0 Å². The summed E-state index contributed by atoms with van der Waals surface area (Å²) in [5.41, 5.74) is 0.969. The molecule has 0 bridgehead atoms. The van der Waals surface area contributed by atoms with Crippen LogP contribution in [0.25, 0.3) is 15.3 Å². The van der Waals surface area contributed by atoms with Gasteiger partial charge in [-0.1, -0.05) is 0 Å². The average Bonchev–Trinajstić information content (AvgIpc) is 2.85. The van der Waals surface area contributed by atoms with Crippen LogP contribution in [0.2, 0.25) is 0 Å². The monoisotopic (exact) mass is 238 g/mol. The second-order valence-electron chi connectivity index (χ2n) is 2.96. The minimum absolute atomic E-state index is 0.304. The second-order valence-corrected chi connectivity index (χ2v) is 4.86. The van der Waals surface area contributed by atoms with Gasteiger partial charge in [0.1, 0.15) is 9.71 Å². The lowest BCUT2D eigenvalue weighted by molar-refractivity contribution is 0.0606. The highest BCUT2D eigenvalue weighted by Gasteiger charge is 2.14. The Morgan fingerprint density at radius 1 is 1.60 bits per heavy atom. The summed E-state index contributed by atoms with van der Waals surface area (Å²) < 4.78 is 6.64. The maximum Gasteiger partial charge on any atom is 0.348 e. The van der Waals surface area contributed by atoms with Gasteiger partial charge in [-0.05, 0) is 6.07 Å². The van der Waals surface area contributed by atoms with E-state index in [1.165, 1.54) is 18.4 Å². The van der Waals surface area contributed by atoms with E-state index >= 15 is 0 Å². The number of thiophene rings is 1. The van der Waals surface area contributed by atoms with Crippen LogP contribution in [-0.4, -0.2) is 22.5 Å². The van der Waals surface area contributed by atoms with Crippen molar-refractivity contribution in [2.24, 2.45) is 0 Å². The first-order chi connectivity index (χ1) is 7.29. The number of hydrogen-bond acceptors (Lipinski definition) is 5. The van der Waals surface area contributed by atoms with Crippen molar-refractivity contribution in [1.29, 1.82) is 0 Å². The number of carbonyl (C=O) groups excluding carboxylic acids is 1. The maximum atomic E-state index is 11.3. The number of nitrogens with zero attached hydrogens (tertiary/aromatic N) is 2. The molecule has 0 atom stereocenters. The van der Waals surface area contributed by atoms with Gasteiger partial charge in [0.25, 0.3) is 0 Å². The van der Waals surface area contributed by atoms with Crippen molar-refractivity contribution >= 4 is 44.0 Å². The third-order valence-corrected chi connectivity index (χ3v) is 3.88. The Hall–Kier alpha value is -1.40. The van der Waals surface area contributed by atoms with Crippen molar-refractivity contribution in [3.05, 3.63) is 22.5 Å². The molecule has 0 saturated heterocycles. The molecule has 6 heteroatoms. The van der Waals surface area contributed by atoms with Gasteiger partial charge in [0.05, 0.1) is 12.6 Å². The number of thiazole rings is 1. The molecule has 0 spiro atoms. The van der Waals surface area contributed by atoms with E-state index in [-0.39, 0.29) is 5.97 Å². The zero-order valence-electron chi connectivity index (χ0n) is 7.76. The Bertz CT molecular complexity index is 649. The van der Waals surface area contributed by atoms with Crippen LogP contribution in [0, 0.1) is 0 Å². The average molecular weight is 238 g/mol. The molecule has 0 aromatic carbocycles. The summed E-state index contributed by atoms with van der Waals surface area (Å²) in [6.45, 7) is 0. The fourth-order valence-corrected chi connectivity index (χ4v) is 3.17. The topological polar surface area (TPSA) is 43.6 Å². The fraction of sp³-hybridized carbons (Fsp3) is 0.111. The third-order valence-electron chi connectivity index (χ3n) is 2.13. The molecular formula is C9H6N2O2S2. The first-order valence-electron chi connectivity index (χ1n) is 4.23. The molecule has 3 heterocycles. The number of ether oxygens (including phenoxy) is 1. The summed E-state index contributed by atoms with van der Waals surface area (Å²) in [6.07, 6.45) is 1.95. The smallest absolute Gasteiger partial charge is 0.348 e. The van der Waals surface area contributed by atoms with Gasteiger partial charge in [0, 0.05) is 11.6 Å². The summed E-state index contributed by atoms with van der Waals surface area (Å²) in [5.74, 6) is -0.304. The molecule has 4 nitrogen and oxygen atoms in total. The van der Waals surface area contributed by atoms with Gasteiger partial charge in [-0.2, -0.15) is 0 Å². The van der Waals surface area contributed by atoms with Crippen LogP contribution in [0.1, 0.15) is 9.67 Å². The summed E-state index contributed by atoms with van der Waals surface area (Å²) >= 11 is 2.94. The van der Waals surface area contributed by atoms with E-state index in [2.05, 4.69) is 9.72 Å². The molecule has 0 aliphatic rings. The van der Waals surface area contributed by atoms with Gasteiger partial charge in [-0.25, -0.2) is 9.78 Å². The molecule has 0 fully saturated rings. The molecule has 3 rings (SSSR count). The minimum atomic E-state index is -0.304. The molecule has 0 radical (unpaired) electrons. The van der Waals surface area contributed by atoms with Crippen molar-refractivity contribution in [3.63, 3.8) is 0 Å². The van der Waals surface area contributed by atoms with Gasteiger partial charge in [0.2, 0.25) is 0 Å².